The number of para-hydroxylation sites is 1. The van der Waals surface area contributed by atoms with Gasteiger partial charge in [0.1, 0.15) is 11.5 Å². The molecule has 0 bridgehead atoms. The molecule has 1 N–H and O–H groups in total. The van der Waals surface area contributed by atoms with Crippen molar-refractivity contribution in [2.24, 2.45) is 0 Å². The molecule has 0 amide bonds. The summed E-state index contributed by atoms with van der Waals surface area (Å²) in [6.45, 7) is 0. The minimum absolute atomic E-state index is 0.192. The largest absolute Gasteiger partial charge is 0.478 e. The zero-order valence-electron chi connectivity index (χ0n) is 12.9. The highest BCUT2D eigenvalue weighted by molar-refractivity contribution is 5.89. The Morgan fingerprint density at radius 2 is 1.50 bits per heavy atom. The van der Waals surface area contributed by atoms with Crippen LogP contribution in [0.25, 0.3) is 12.2 Å². The molecule has 3 rings (SSSR count). The van der Waals surface area contributed by atoms with Crippen LogP contribution in [0.15, 0.2) is 78.9 Å². The van der Waals surface area contributed by atoms with E-state index in [0.29, 0.717) is 11.5 Å². The minimum Gasteiger partial charge on any atom is -0.478 e. The lowest BCUT2D eigenvalue weighted by Gasteiger charge is -2.10. The van der Waals surface area contributed by atoms with E-state index >= 15 is 0 Å². The van der Waals surface area contributed by atoms with Crippen molar-refractivity contribution < 1.29 is 14.6 Å². The lowest BCUT2D eigenvalue weighted by atomic mass is 10.1. The lowest BCUT2D eigenvalue weighted by molar-refractivity contribution is 0.0696. The molecular weight excluding hydrogens is 300 g/mol. The van der Waals surface area contributed by atoms with Crippen molar-refractivity contribution in [3.05, 3.63) is 95.6 Å². The Hall–Kier alpha value is -3.33. The second-order valence-corrected chi connectivity index (χ2v) is 5.22. The van der Waals surface area contributed by atoms with Gasteiger partial charge >= 0.3 is 5.97 Å². The van der Waals surface area contributed by atoms with Crippen LogP contribution in [0.5, 0.6) is 11.5 Å². The van der Waals surface area contributed by atoms with Crippen LogP contribution in [-0.2, 0) is 0 Å². The predicted octanol–water partition coefficient (Wildman–Crippen LogP) is 5.35. The van der Waals surface area contributed by atoms with E-state index in [0.717, 1.165) is 11.1 Å². The smallest absolute Gasteiger partial charge is 0.335 e. The van der Waals surface area contributed by atoms with Gasteiger partial charge < -0.3 is 9.84 Å². The number of carboxylic acid groups (broad SMARTS) is 1. The van der Waals surface area contributed by atoms with E-state index in [4.69, 9.17) is 4.74 Å². The Morgan fingerprint density at radius 1 is 0.833 bits per heavy atom. The van der Waals surface area contributed by atoms with E-state index in [2.05, 4.69) is 0 Å². The Bertz CT molecular complexity index is 853. The maximum Gasteiger partial charge on any atom is 0.335 e. The number of ether oxygens (including phenoxy) is 1. The number of carbonyl (C=O) groups is 1. The Kier molecular flexibility index (Phi) is 4.73. The SMILES string of the molecule is O=C(O)c1ccc(/C=C/c2ccccc2)c(Oc2ccccc2)c1. The molecule has 0 aliphatic rings. The lowest BCUT2D eigenvalue weighted by Crippen LogP contribution is -1.97. The average Bonchev–Trinajstić information content (AvgIpc) is 2.62. The first kappa shape index (κ1) is 15.6. The molecule has 3 heteroatoms. The van der Waals surface area contributed by atoms with Crippen LogP contribution in [-0.4, -0.2) is 11.1 Å². The summed E-state index contributed by atoms with van der Waals surface area (Å²) in [5.41, 5.74) is 2.07. The van der Waals surface area contributed by atoms with Gasteiger partial charge in [-0.2, -0.15) is 0 Å². The molecule has 0 atom stereocenters. The van der Waals surface area contributed by atoms with E-state index in [9.17, 15) is 9.90 Å². The van der Waals surface area contributed by atoms with Gasteiger partial charge in [-0.15, -0.1) is 0 Å². The van der Waals surface area contributed by atoms with Crippen LogP contribution in [0.3, 0.4) is 0 Å². The standard InChI is InChI=1S/C21H16O3/c22-21(23)18-14-13-17(12-11-16-7-3-1-4-8-16)20(15-18)24-19-9-5-2-6-10-19/h1-15H,(H,22,23)/b12-11+. The number of benzene rings is 3. The summed E-state index contributed by atoms with van der Waals surface area (Å²) >= 11 is 0. The molecule has 3 aromatic carbocycles. The third-order valence-electron chi connectivity index (χ3n) is 3.49. The van der Waals surface area contributed by atoms with Gasteiger partial charge in [0.15, 0.2) is 0 Å². The summed E-state index contributed by atoms with van der Waals surface area (Å²) < 4.78 is 5.87. The van der Waals surface area contributed by atoms with E-state index < -0.39 is 5.97 Å². The molecule has 24 heavy (non-hydrogen) atoms. The van der Waals surface area contributed by atoms with Gasteiger partial charge in [0.25, 0.3) is 0 Å². The van der Waals surface area contributed by atoms with Crippen LogP contribution in [0, 0.1) is 0 Å². The van der Waals surface area contributed by atoms with Gasteiger partial charge in [-0.25, -0.2) is 4.79 Å². The van der Waals surface area contributed by atoms with Gasteiger partial charge in [-0.05, 0) is 29.8 Å². The van der Waals surface area contributed by atoms with Crippen molar-refractivity contribution >= 4 is 18.1 Å². The monoisotopic (exact) mass is 316 g/mol. The van der Waals surface area contributed by atoms with Gasteiger partial charge in [0, 0.05) is 5.56 Å². The maximum atomic E-state index is 11.2. The fraction of sp³-hybridized carbons (Fsp3) is 0. The highest BCUT2D eigenvalue weighted by atomic mass is 16.5. The third-order valence-corrected chi connectivity index (χ3v) is 3.49. The molecule has 0 saturated heterocycles. The summed E-state index contributed by atoms with van der Waals surface area (Å²) in [6, 6.07) is 24.1. The molecule has 0 unspecified atom stereocenters. The first-order valence-electron chi connectivity index (χ1n) is 7.56. The molecule has 0 heterocycles. The maximum absolute atomic E-state index is 11.2. The van der Waals surface area contributed by atoms with Crippen molar-refractivity contribution in [1.82, 2.24) is 0 Å². The number of hydrogen-bond donors (Lipinski definition) is 1. The average molecular weight is 316 g/mol. The van der Waals surface area contributed by atoms with Gasteiger partial charge in [-0.3, -0.25) is 0 Å². The van der Waals surface area contributed by atoms with Crippen LogP contribution in [0.4, 0.5) is 0 Å². The molecule has 3 aromatic rings. The number of hydrogen-bond acceptors (Lipinski definition) is 2. The molecule has 118 valence electrons. The topological polar surface area (TPSA) is 46.5 Å². The summed E-state index contributed by atoms with van der Waals surface area (Å²) in [5.74, 6) is 0.189. The molecule has 0 saturated carbocycles. The van der Waals surface area contributed by atoms with E-state index in [-0.39, 0.29) is 5.56 Å². The Morgan fingerprint density at radius 3 is 2.17 bits per heavy atom. The van der Waals surface area contributed by atoms with Crippen LogP contribution in [0.2, 0.25) is 0 Å². The molecule has 0 radical (unpaired) electrons. The fourth-order valence-corrected chi connectivity index (χ4v) is 2.26. The molecular formula is C21H16O3. The van der Waals surface area contributed by atoms with Crippen LogP contribution >= 0.6 is 0 Å². The Labute approximate surface area is 140 Å². The van der Waals surface area contributed by atoms with Crippen LogP contribution in [0.1, 0.15) is 21.5 Å². The first-order chi connectivity index (χ1) is 11.7. The summed E-state index contributed by atoms with van der Waals surface area (Å²) in [7, 11) is 0. The molecule has 0 aliphatic heterocycles. The van der Waals surface area contributed by atoms with E-state index in [1.807, 2.05) is 72.8 Å². The second kappa shape index (κ2) is 7.29. The van der Waals surface area contributed by atoms with Gasteiger partial charge in [-0.1, -0.05) is 66.7 Å². The highest BCUT2D eigenvalue weighted by Crippen LogP contribution is 2.28. The van der Waals surface area contributed by atoms with Crippen molar-refractivity contribution in [3.8, 4) is 11.5 Å². The summed E-state index contributed by atoms with van der Waals surface area (Å²) in [6.07, 6.45) is 3.88. The molecule has 3 nitrogen and oxygen atoms in total. The quantitative estimate of drug-likeness (QED) is 0.646. The number of carboxylic acids is 1. The van der Waals surface area contributed by atoms with Gasteiger partial charge in [0.05, 0.1) is 5.56 Å². The third kappa shape index (κ3) is 3.90. The molecule has 0 aliphatic carbocycles. The molecule has 0 fully saturated rings. The van der Waals surface area contributed by atoms with Gasteiger partial charge in [0.2, 0.25) is 0 Å². The molecule has 0 aromatic heterocycles. The first-order valence-corrected chi connectivity index (χ1v) is 7.56. The second-order valence-electron chi connectivity index (χ2n) is 5.22. The number of aromatic carboxylic acids is 1. The van der Waals surface area contributed by atoms with Crippen molar-refractivity contribution in [1.29, 1.82) is 0 Å². The minimum atomic E-state index is -0.980. The van der Waals surface area contributed by atoms with Crippen molar-refractivity contribution in [2.75, 3.05) is 0 Å². The zero-order chi connectivity index (χ0) is 16.8. The zero-order valence-corrected chi connectivity index (χ0v) is 12.9. The van der Waals surface area contributed by atoms with E-state index in [1.165, 1.54) is 0 Å². The predicted molar refractivity (Wildman–Crippen MR) is 95.3 cm³/mol. The Balaban J connectivity index is 1.95. The van der Waals surface area contributed by atoms with E-state index in [1.54, 1.807) is 18.2 Å². The summed E-state index contributed by atoms with van der Waals surface area (Å²) in [5, 5.41) is 9.20. The van der Waals surface area contributed by atoms with Crippen molar-refractivity contribution in [3.63, 3.8) is 0 Å². The normalized spacial score (nSPS) is 10.7. The van der Waals surface area contributed by atoms with Crippen LogP contribution < -0.4 is 4.74 Å². The summed E-state index contributed by atoms with van der Waals surface area (Å²) in [4.78, 5) is 11.2. The number of rotatable bonds is 5. The highest BCUT2D eigenvalue weighted by Gasteiger charge is 2.09. The fourth-order valence-electron chi connectivity index (χ4n) is 2.26. The van der Waals surface area contributed by atoms with Crippen molar-refractivity contribution in [2.45, 2.75) is 0 Å². The molecule has 0 spiro atoms.